The molecule has 0 fully saturated rings. The van der Waals surface area contributed by atoms with Crippen LogP contribution in [0.1, 0.15) is 35.4 Å². The molecule has 0 saturated heterocycles. The summed E-state index contributed by atoms with van der Waals surface area (Å²) < 4.78 is 5.23. The Kier molecular flexibility index (Phi) is 4.97. The van der Waals surface area contributed by atoms with E-state index in [9.17, 15) is 14.7 Å². The van der Waals surface area contributed by atoms with Crippen molar-refractivity contribution < 1.29 is 19.1 Å². The van der Waals surface area contributed by atoms with Crippen molar-refractivity contribution in [2.24, 2.45) is 0 Å². The molecule has 144 valence electrons. The van der Waals surface area contributed by atoms with Crippen molar-refractivity contribution in [1.82, 2.24) is 15.2 Å². The zero-order valence-electron chi connectivity index (χ0n) is 15.3. The fourth-order valence-corrected chi connectivity index (χ4v) is 3.73. The summed E-state index contributed by atoms with van der Waals surface area (Å²) in [5.74, 6) is -0.901. The highest BCUT2D eigenvalue weighted by Gasteiger charge is 2.26. The third-order valence-electron chi connectivity index (χ3n) is 5.15. The van der Waals surface area contributed by atoms with E-state index in [2.05, 4.69) is 10.3 Å². The first-order valence-corrected chi connectivity index (χ1v) is 9.24. The molecule has 1 aromatic heterocycles. The lowest BCUT2D eigenvalue weighted by atomic mass is 9.90. The predicted molar refractivity (Wildman–Crippen MR) is 103 cm³/mol. The number of rotatable bonds is 4. The minimum absolute atomic E-state index is 0.0736. The fourth-order valence-electron chi connectivity index (χ4n) is 3.73. The molecular formula is C21H21N3O4. The van der Waals surface area contributed by atoms with Gasteiger partial charge in [-0.15, -0.1) is 0 Å². The minimum Gasteiger partial charge on any atom is -0.481 e. The first-order valence-electron chi connectivity index (χ1n) is 9.24. The Morgan fingerprint density at radius 1 is 1.25 bits per heavy atom. The molecule has 1 aliphatic heterocycles. The highest BCUT2D eigenvalue weighted by atomic mass is 16.4. The lowest BCUT2D eigenvalue weighted by molar-refractivity contribution is -0.137. The number of carbonyl (C=O) groups is 2. The van der Waals surface area contributed by atoms with Gasteiger partial charge < -0.3 is 19.7 Å². The number of oxazole rings is 1. The van der Waals surface area contributed by atoms with E-state index in [1.165, 1.54) is 6.39 Å². The summed E-state index contributed by atoms with van der Waals surface area (Å²) in [6, 6.07) is 13.2. The van der Waals surface area contributed by atoms with E-state index in [-0.39, 0.29) is 18.4 Å². The Bertz CT molecular complexity index is 1010. The average Bonchev–Trinajstić information content (AvgIpc) is 3.08. The molecule has 1 aliphatic rings. The lowest BCUT2D eigenvalue weighted by Crippen LogP contribution is -2.39. The molecular weight excluding hydrogens is 358 g/mol. The standard InChI is InChI=1S/C21H21N3O4/c25-20(26)10-15-7-8-24(12-16-3-1-2-4-17(15)16)21(27)22-11-14-5-6-19-18(9-14)23-13-28-19/h1-6,9,13,15H,7-8,10-12H2,(H,22,27)(H,25,26). The van der Waals surface area contributed by atoms with Crippen molar-refractivity contribution in [2.75, 3.05) is 6.54 Å². The van der Waals surface area contributed by atoms with Gasteiger partial charge in [0.1, 0.15) is 5.52 Å². The van der Waals surface area contributed by atoms with Crippen molar-refractivity contribution in [3.63, 3.8) is 0 Å². The second-order valence-electron chi connectivity index (χ2n) is 7.02. The van der Waals surface area contributed by atoms with E-state index in [4.69, 9.17) is 4.42 Å². The summed E-state index contributed by atoms with van der Waals surface area (Å²) in [5, 5.41) is 12.2. The molecule has 2 amide bonds. The smallest absolute Gasteiger partial charge is 0.317 e. The van der Waals surface area contributed by atoms with Gasteiger partial charge in [-0.25, -0.2) is 9.78 Å². The number of urea groups is 1. The second-order valence-corrected chi connectivity index (χ2v) is 7.02. The Morgan fingerprint density at radius 2 is 2.11 bits per heavy atom. The van der Waals surface area contributed by atoms with Crippen molar-refractivity contribution in [2.45, 2.75) is 31.8 Å². The summed E-state index contributed by atoms with van der Waals surface area (Å²) >= 11 is 0. The Morgan fingerprint density at radius 3 is 2.96 bits per heavy atom. The number of carboxylic acids is 1. The van der Waals surface area contributed by atoms with Gasteiger partial charge >= 0.3 is 12.0 Å². The third-order valence-corrected chi connectivity index (χ3v) is 5.15. The van der Waals surface area contributed by atoms with Crippen LogP contribution < -0.4 is 5.32 Å². The number of carbonyl (C=O) groups excluding carboxylic acids is 1. The lowest BCUT2D eigenvalue weighted by Gasteiger charge is -2.21. The van der Waals surface area contributed by atoms with Gasteiger partial charge in [0.2, 0.25) is 0 Å². The number of aliphatic carboxylic acids is 1. The van der Waals surface area contributed by atoms with Gasteiger partial charge in [-0.1, -0.05) is 30.3 Å². The molecule has 1 atom stereocenters. The largest absolute Gasteiger partial charge is 0.481 e. The molecule has 2 heterocycles. The number of nitrogens with zero attached hydrogens (tertiary/aromatic N) is 2. The zero-order valence-corrected chi connectivity index (χ0v) is 15.3. The summed E-state index contributed by atoms with van der Waals surface area (Å²) in [6.45, 7) is 1.37. The van der Waals surface area contributed by atoms with Crippen molar-refractivity contribution >= 4 is 23.1 Å². The van der Waals surface area contributed by atoms with Crippen molar-refractivity contribution in [3.8, 4) is 0 Å². The number of hydrogen-bond acceptors (Lipinski definition) is 4. The van der Waals surface area contributed by atoms with Gasteiger partial charge in [-0.05, 0) is 41.2 Å². The Labute approximate surface area is 162 Å². The number of aromatic nitrogens is 1. The van der Waals surface area contributed by atoms with Crippen LogP contribution in [-0.2, 0) is 17.9 Å². The number of carboxylic acid groups (broad SMARTS) is 1. The number of benzene rings is 2. The fraction of sp³-hybridized carbons (Fsp3) is 0.286. The molecule has 0 saturated carbocycles. The molecule has 3 aromatic rings. The van der Waals surface area contributed by atoms with E-state index in [1.54, 1.807) is 4.90 Å². The summed E-state index contributed by atoms with van der Waals surface area (Å²) in [5.41, 5.74) is 4.44. The normalized spacial score (nSPS) is 16.4. The van der Waals surface area contributed by atoms with Crippen LogP contribution >= 0.6 is 0 Å². The first-order chi connectivity index (χ1) is 13.6. The van der Waals surface area contributed by atoms with Gasteiger partial charge in [-0.2, -0.15) is 0 Å². The quantitative estimate of drug-likeness (QED) is 0.723. The van der Waals surface area contributed by atoms with Gasteiger partial charge in [0.05, 0.1) is 6.42 Å². The van der Waals surface area contributed by atoms with E-state index in [0.717, 1.165) is 22.2 Å². The molecule has 7 heteroatoms. The number of nitrogens with one attached hydrogen (secondary N) is 1. The Balaban J connectivity index is 1.45. The maximum atomic E-state index is 12.7. The highest BCUT2D eigenvalue weighted by Crippen LogP contribution is 2.31. The van der Waals surface area contributed by atoms with E-state index < -0.39 is 5.97 Å². The van der Waals surface area contributed by atoms with Crippen LogP contribution in [0.3, 0.4) is 0 Å². The van der Waals surface area contributed by atoms with E-state index >= 15 is 0 Å². The number of fused-ring (bicyclic) bond motifs is 2. The number of amides is 2. The van der Waals surface area contributed by atoms with Gasteiger partial charge in [0, 0.05) is 19.6 Å². The third kappa shape index (κ3) is 3.83. The van der Waals surface area contributed by atoms with Crippen LogP contribution in [0.15, 0.2) is 53.3 Å². The summed E-state index contributed by atoms with van der Waals surface area (Å²) in [6.07, 6.45) is 2.10. The molecule has 28 heavy (non-hydrogen) atoms. The molecule has 2 aromatic carbocycles. The topological polar surface area (TPSA) is 95.7 Å². The molecule has 0 aliphatic carbocycles. The summed E-state index contributed by atoms with van der Waals surface area (Å²) in [4.78, 5) is 29.8. The van der Waals surface area contributed by atoms with E-state index in [1.807, 2.05) is 42.5 Å². The number of hydrogen-bond donors (Lipinski definition) is 2. The van der Waals surface area contributed by atoms with Crippen LogP contribution in [0.25, 0.3) is 11.1 Å². The predicted octanol–water partition coefficient (Wildman–Crippen LogP) is 3.50. The average molecular weight is 379 g/mol. The first kappa shape index (κ1) is 18.0. The van der Waals surface area contributed by atoms with Gasteiger partial charge in [-0.3, -0.25) is 4.79 Å². The molecule has 0 radical (unpaired) electrons. The van der Waals surface area contributed by atoms with Crippen LogP contribution in [-0.4, -0.2) is 33.5 Å². The molecule has 4 rings (SSSR count). The molecule has 0 spiro atoms. The SMILES string of the molecule is O=C(O)CC1CCN(C(=O)NCc2ccc3ocnc3c2)Cc2ccccc21. The highest BCUT2D eigenvalue weighted by molar-refractivity contribution is 5.76. The van der Waals surface area contributed by atoms with Crippen LogP contribution in [0, 0.1) is 0 Å². The monoisotopic (exact) mass is 379 g/mol. The van der Waals surface area contributed by atoms with Gasteiger partial charge in [0.15, 0.2) is 12.0 Å². The molecule has 0 bridgehead atoms. The van der Waals surface area contributed by atoms with Gasteiger partial charge in [0.25, 0.3) is 0 Å². The maximum Gasteiger partial charge on any atom is 0.317 e. The second kappa shape index (κ2) is 7.72. The van der Waals surface area contributed by atoms with Crippen molar-refractivity contribution in [1.29, 1.82) is 0 Å². The minimum atomic E-state index is -0.819. The van der Waals surface area contributed by atoms with Crippen LogP contribution in [0.2, 0.25) is 0 Å². The molecule has 2 N–H and O–H groups in total. The maximum absolute atomic E-state index is 12.7. The van der Waals surface area contributed by atoms with Crippen LogP contribution in [0.4, 0.5) is 4.79 Å². The summed E-state index contributed by atoms with van der Waals surface area (Å²) in [7, 11) is 0. The Hall–Kier alpha value is -3.35. The zero-order chi connectivity index (χ0) is 19.5. The van der Waals surface area contributed by atoms with Crippen molar-refractivity contribution in [3.05, 3.63) is 65.5 Å². The van der Waals surface area contributed by atoms with Crippen LogP contribution in [0.5, 0.6) is 0 Å². The molecule has 7 nitrogen and oxygen atoms in total. The molecule has 1 unspecified atom stereocenters. The van der Waals surface area contributed by atoms with E-state index in [0.29, 0.717) is 31.6 Å².